The van der Waals surface area contributed by atoms with Gasteiger partial charge in [0, 0.05) is 75.5 Å². The number of nitrogens with zero attached hydrogens (tertiary/aromatic N) is 5. The van der Waals surface area contributed by atoms with E-state index in [1.54, 1.807) is 30.1 Å². The van der Waals surface area contributed by atoms with E-state index in [-0.39, 0.29) is 17.7 Å². The molecule has 33 heavy (non-hydrogen) atoms. The molecule has 0 bridgehead atoms. The van der Waals surface area contributed by atoms with Gasteiger partial charge in [-0.05, 0) is 42.7 Å². The molecule has 2 aromatic heterocycles. The largest absolute Gasteiger partial charge is 0.393 e. The van der Waals surface area contributed by atoms with Crippen LogP contribution >= 0.6 is 0 Å². The van der Waals surface area contributed by atoms with Crippen LogP contribution in [-0.4, -0.2) is 58.5 Å². The third-order valence-corrected chi connectivity index (χ3v) is 6.67. The molecule has 2 aliphatic heterocycles. The van der Waals surface area contributed by atoms with E-state index < -0.39 is 0 Å². The number of piperidine rings is 1. The summed E-state index contributed by atoms with van der Waals surface area (Å²) in [5.74, 6) is 0.685. The Balaban J connectivity index is 1.35. The van der Waals surface area contributed by atoms with Gasteiger partial charge in [-0.2, -0.15) is 0 Å². The summed E-state index contributed by atoms with van der Waals surface area (Å²) in [6, 6.07) is 14.2. The molecule has 2 N–H and O–H groups in total. The van der Waals surface area contributed by atoms with Crippen LogP contribution in [0.25, 0.3) is 11.3 Å². The Morgan fingerprint density at radius 2 is 1.73 bits per heavy atom. The van der Waals surface area contributed by atoms with Crippen molar-refractivity contribution < 1.29 is 5.11 Å². The molecular formula is C25H30N6O2. The minimum atomic E-state index is -0.167. The highest BCUT2D eigenvalue weighted by Gasteiger charge is 2.25. The van der Waals surface area contributed by atoms with Crippen molar-refractivity contribution in [1.82, 2.24) is 19.9 Å². The molecule has 1 atom stereocenters. The molecule has 0 unspecified atom stereocenters. The topological polar surface area (TPSA) is 86.5 Å². The lowest BCUT2D eigenvalue weighted by molar-refractivity contribution is 0.145. The highest BCUT2D eigenvalue weighted by Crippen LogP contribution is 2.26. The number of anilines is 2. The molecule has 5 rings (SSSR count). The SMILES string of the molecule is Cn1c(N2CCN[C@@H](c3ccc(N4CCC(O)CC4)cc3)C2)nc(-c2ccncc2)cc1=O. The van der Waals surface area contributed by atoms with Crippen LogP contribution in [0.3, 0.4) is 0 Å². The van der Waals surface area contributed by atoms with Crippen molar-refractivity contribution in [3.05, 3.63) is 70.8 Å². The first kappa shape index (κ1) is 21.6. The summed E-state index contributed by atoms with van der Waals surface area (Å²) in [5, 5.41) is 13.4. The fourth-order valence-electron chi connectivity index (χ4n) is 4.68. The molecule has 0 amide bonds. The van der Waals surface area contributed by atoms with Gasteiger partial charge in [0.05, 0.1) is 11.8 Å². The number of hydrogen-bond acceptors (Lipinski definition) is 7. The van der Waals surface area contributed by atoms with E-state index in [1.165, 1.54) is 11.3 Å². The number of pyridine rings is 1. The van der Waals surface area contributed by atoms with Gasteiger partial charge < -0.3 is 20.2 Å². The van der Waals surface area contributed by atoms with Crippen LogP contribution in [0.4, 0.5) is 11.6 Å². The first-order valence-corrected chi connectivity index (χ1v) is 11.6. The predicted octanol–water partition coefficient (Wildman–Crippen LogP) is 1.95. The Kier molecular flexibility index (Phi) is 6.11. The molecule has 8 nitrogen and oxygen atoms in total. The number of piperazine rings is 1. The zero-order valence-electron chi connectivity index (χ0n) is 18.9. The predicted molar refractivity (Wildman–Crippen MR) is 130 cm³/mol. The monoisotopic (exact) mass is 446 g/mol. The Labute approximate surface area is 193 Å². The first-order chi connectivity index (χ1) is 16.1. The van der Waals surface area contributed by atoms with Gasteiger partial charge >= 0.3 is 0 Å². The van der Waals surface area contributed by atoms with Gasteiger partial charge in [-0.15, -0.1) is 0 Å². The Morgan fingerprint density at radius 1 is 1.00 bits per heavy atom. The Bertz CT molecular complexity index is 1140. The van der Waals surface area contributed by atoms with Crippen molar-refractivity contribution in [2.45, 2.75) is 25.0 Å². The summed E-state index contributed by atoms with van der Waals surface area (Å²) in [7, 11) is 1.78. The van der Waals surface area contributed by atoms with Crippen LogP contribution in [-0.2, 0) is 7.05 Å². The number of benzene rings is 1. The van der Waals surface area contributed by atoms with Crippen molar-refractivity contribution in [1.29, 1.82) is 0 Å². The third kappa shape index (κ3) is 4.62. The average Bonchev–Trinajstić information content (AvgIpc) is 2.87. The Hall–Kier alpha value is -3.23. The molecule has 0 aliphatic carbocycles. The molecule has 2 saturated heterocycles. The zero-order chi connectivity index (χ0) is 22.8. The normalized spacial score (nSPS) is 19.6. The van der Waals surface area contributed by atoms with Gasteiger partial charge in [0.25, 0.3) is 5.56 Å². The summed E-state index contributed by atoms with van der Waals surface area (Å²) >= 11 is 0. The fourth-order valence-corrected chi connectivity index (χ4v) is 4.68. The average molecular weight is 447 g/mol. The van der Waals surface area contributed by atoms with Gasteiger partial charge in [0.15, 0.2) is 0 Å². The van der Waals surface area contributed by atoms with Gasteiger partial charge in [0.1, 0.15) is 0 Å². The number of aliphatic hydroxyl groups is 1. The molecule has 3 aromatic rings. The van der Waals surface area contributed by atoms with Crippen molar-refractivity contribution in [3.8, 4) is 11.3 Å². The molecule has 0 spiro atoms. The lowest BCUT2D eigenvalue weighted by atomic mass is 10.0. The molecule has 1 aromatic carbocycles. The summed E-state index contributed by atoms with van der Waals surface area (Å²) < 4.78 is 1.63. The highest BCUT2D eigenvalue weighted by atomic mass is 16.3. The highest BCUT2D eigenvalue weighted by molar-refractivity contribution is 5.59. The second-order valence-corrected chi connectivity index (χ2v) is 8.84. The lowest BCUT2D eigenvalue weighted by Crippen LogP contribution is -2.47. The summed E-state index contributed by atoms with van der Waals surface area (Å²) in [6.07, 6.45) is 4.91. The summed E-state index contributed by atoms with van der Waals surface area (Å²) in [6.45, 7) is 4.11. The van der Waals surface area contributed by atoms with Crippen LogP contribution in [0.2, 0.25) is 0 Å². The number of rotatable bonds is 4. The second kappa shape index (κ2) is 9.33. The molecular weight excluding hydrogens is 416 g/mol. The summed E-state index contributed by atoms with van der Waals surface area (Å²) in [4.78, 5) is 26.1. The van der Waals surface area contributed by atoms with Crippen LogP contribution in [0.15, 0.2) is 59.7 Å². The maximum atomic E-state index is 12.7. The minimum Gasteiger partial charge on any atom is -0.393 e. The number of nitrogens with one attached hydrogen (secondary N) is 1. The molecule has 2 fully saturated rings. The van der Waals surface area contributed by atoms with Gasteiger partial charge in [-0.1, -0.05) is 12.1 Å². The summed E-state index contributed by atoms with van der Waals surface area (Å²) in [5.41, 5.74) is 3.90. The smallest absolute Gasteiger partial charge is 0.255 e. The van der Waals surface area contributed by atoms with E-state index in [1.807, 2.05) is 12.1 Å². The fraction of sp³-hybridized carbons (Fsp3) is 0.400. The molecule has 2 aliphatic rings. The first-order valence-electron chi connectivity index (χ1n) is 11.6. The molecule has 0 saturated carbocycles. The minimum absolute atomic E-state index is 0.0714. The van der Waals surface area contributed by atoms with E-state index in [4.69, 9.17) is 4.98 Å². The van der Waals surface area contributed by atoms with Gasteiger partial charge in [-0.3, -0.25) is 14.3 Å². The van der Waals surface area contributed by atoms with Crippen molar-refractivity contribution >= 4 is 11.6 Å². The van der Waals surface area contributed by atoms with Gasteiger partial charge in [0.2, 0.25) is 5.95 Å². The maximum Gasteiger partial charge on any atom is 0.255 e. The van der Waals surface area contributed by atoms with Crippen molar-refractivity contribution in [2.24, 2.45) is 7.05 Å². The molecule has 4 heterocycles. The van der Waals surface area contributed by atoms with E-state index >= 15 is 0 Å². The molecule has 8 heteroatoms. The van der Waals surface area contributed by atoms with E-state index in [2.05, 4.69) is 44.4 Å². The lowest BCUT2D eigenvalue weighted by Gasteiger charge is -2.36. The van der Waals surface area contributed by atoms with E-state index in [0.29, 0.717) is 11.6 Å². The van der Waals surface area contributed by atoms with E-state index in [9.17, 15) is 9.90 Å². The zero-order valence-corrected chi connectivity index (χ0v) is 18.9. The van der Waals surface area contributed by atoms with Crippen molar-refractivity contribution in [3.63, 3.8) is 0 Å². The van der Waals surface area contributed by atoms with Crippen LogP contribution in [0, 0.1) is 0 Å². The molecule has 172 valence electrons. The van der Waals surface area contributed by atoms with Crippen LogP contribution < -0.4 is 20.7 Å². The Morgan fingerprint density at radius 3 is 2.45 bits per heavy atom. The van der Waals surface area contributed by atoms with E-state index in [0.717, 1.165) is 51.1 Å². The number of aromatic nitrogens is 3. The quantitative estimate of drug-likeness (QED) is 0.634. The van der Waals surface area contributed by atoms with Gasteiger partial charge in [-0.25, -0.2) is 4.98 Å². The number of hydrogen-bond donors (Lipinski definition) is 2. The van der Waals surface area contributed by atoms with Crippen LogP contribution in [0.1, 0.15) is 24.4 Å². The second-order valence-electron chi connectivity index (χ2n) is 8.84. The maximum absolute atomic E-state index is 12.7. The molecule has 0 radical (unpaired) electrons. The third-order valence-electron chi connectivity index (χ3n) is 6.67. The van der Waals surface area contributed by atoms with Crippen molar-refractivity contribution in [2.75, 3.05) is 42.5 Å². The standard InChI is InChI=1S/C25H30N6O2/c1-29-24(33)16-22(19-6-10-26-11-7-19)28-25(29)31-15-12-27-23(17-31)18-2-4-20(5-3-18)30-13-8-21(32)9-14-30/h2-7,10-11,16,21,23,27,32H,8-9,12-15,17H2,1H3/t23-/m1/s1. The van der Waals surface area contributed by atoms with Crippen LogP contribution in [0.5, 0.6) is 0 Å². The number of aliphatic hydroxyl groups excluding tert-OH is 1.